The lowest BCUT2D eigenvalue weighted by Gasteiger charge is -2.42. The number of rotatable bonds is 16. The number of methoxy groups -OCH3 is 3. The van der Waals surface area contributed by atoms with Crippen LogP contribution < -0.4 is 0 Å². The average Bonchev–Trinajstić information content (AvgIpc) is 3.42. The fourth-order valence-corrected chi connectivity index (χ4v) is 11.2. The molecule has 4 aliphatic rings. The summed E-state index contributed by atoms with van der Waals surface area (Å²) >= 11 is 0. The van der Waals surface area contributed by atoms with Crippen molar-refractivity contribution < 1.29 is 76.9 Å². The van der Waals surface area contributed by atoms with Crippen LogP contribution in [-0.2, 0) is 66.7 Å². The number of ether oxygens (including phenoxy) is 8. The summed E-state index contributed by atoms with van der Waals surface area (Å²) in [5.41, 5.74) is 1.29. The summed E-state index contributed by atoms with van der Waals surface area (Å²) in [4.78, 5) is 87.1. The zero-order valence-electron chi connectivity index (χ0n) is 48.2. The molecule has 436 valence electrons. The lowest BCUT2D eigenvalue weighted by Crippen LogP contribution is -2.61. The quantitative estimate of drug-likeness (QED) is 0.0648. The number of carbonyl (C=O) groups excluding carboxylic acids is 6. The van der Waals surface area contributed by atoms with Gasteiger partial charge in [-0.15, -0.1) is 0 Å². The zero-order valence-corrected chi connectivity index (χ0v) is 48.2. The van der Waals surface area contributed by atoms with Crippen LogP contribution in [0.25, 0.3) is 0 Å². The van der Waals surface area contributed by atoms with E-state index < -0.39 is 89.8 Å². The summed E-state index contributed by atoms with van der Waals surface area (Å²) in [6.45, 7) is 16.6. The van der Waals surface area contributed by atoms with E-state index in [0.717, 1.165) is 12.0 Å². The summed E-state index contributed by atoms with van der Waals surface area (Å²) in [7, 11) is 4.53. The highest BCUT2D eigenvalue weighted by Gasteiger charge is 2.53. The van der Waals surface area contributed by atoms with Gasteiger partial charge in [-0.05, 0) is 120 Å². The predicted molar refractivity (Wildman–Crippen MR) is 290 cm³/mol. The van der Waals surface area contributed by atoms with Gasteiger partial charge in [0.25, 0.3) is 11.7 Å². The monoisotopic (exact) mass is 1090 g/mol. The van der Waals surface area contributed by atoms with E-state index in [9.17, 15) is 39.0 Å². The third-order valence-electron chi connectivity index (χ3n) is 16.1. The van der Waals surface area contributed by atoms with E-state index >= 15 is 0 Å². The van der Waals surface area contributed by atoms with Crippen molar-refractivity contribution in [1.29, 1.82) is 0 Å². The van der Waals surface area contributed by atoms with Crippen molar-refractivity contribution in [2.24, 2.45) is 35.5 Å². The molecular formula is C60H95NO16. The molecule has 0 aromatic heterocycles. The molecule has 17 heteroatoms. The molecule has 2 N–H and O–H groups in total. The second-order valence-electron chi connectivity index (χ2n) is 22.4. The van der Waals surface area contributed by atoms with Crippen LogP contribution in [0.15, 0.2) is 47.6 Å². The summed E-state index contributed by atoms with van der Waals surface area (Å²) in [6.07, 6.45) is 12.1. The van der Waals surface area contributed by atoms with Crippen LogP contribution in [0.3, 0.4) is 0 Å². The van der Waals surface area contributed by atoms with Gasteiger partial charge >= 0.3 is 11.9 Å². The number of allylic oxidation sites excluding steroid dienone is 6. The Balaban J connectivity index is 1.73. The van der Waals surface area contributed by atoms with E-state index in [0.29, 0.717) is 103 Å². The van der Waals surface area contributed by atoms with Crippen LogP contribution in [0.4, 0.5) is 0 Å². The number of aliphatic hydroxyl groups is 2. The summed E-state index contributed by atoms with van der Waals surface area (Å²) < 4.78 is 47.2. The molecule has 1 aliphatic carbocycles. The van der Waals surface area contributed by atoms with E-state index in [2.05, 4.69) is 0 Å². The Morgan fingerprint density at radius 1 is 0.831 bits per heavy atom. The van der Waals surface area contributed by atoms with Gasteiger partial charge in [-0.2, -0.15) is 0 Å². The predicted octanol–water partition coefficient (Wildman–Crippen LogP) is 7.95. The number of aliphatic hydroxyl groups excluding tert-OH is 1. The van der Waals surface area contributed by atoms with Crippen LogP contribution in [0.5, 0.6) is 0 Å². The SMILES string of the molecule is CCCOCCOCCCC(=O)O[C@@H]1/C(C)=C/[C@@H](C)C(=O)C[C@@H]([C@H](C)C[C@@H]2CC[C@@H](O)[C@H](OC)C2)OC(=O)[C@@H]2CCCCN2C(=O)C(=O)[C@]2(O)O[C@@H](CC[C@H]2C)C[C@H](OC)/C(C)=C/C=C/C=C/[C@@H](C)C[C@@H](C)C(=O)[C@@H]1OC. The van der Waals surface area contributed by atoms with Gasteiger partial charge in [0, 0.05) is 78.1 Å². The van der Waals surface area contributed by atoms with E-state index in [1.807, 2.05) is 65.0 Å². The van der Waals surface area contributed by atoms with Gasteiger partial charge in [-0.1, -0.05) is 78.0 Å². The molecule has 1 saturated carbocycles. The molecule has 3 aliphatic heterocycles. The normalized spacial score (nSPS) is 35.9. The molecule has 3 heterocycles. The maximum Gasteiger partial charge on any atom is 0.329 e. The largest absolute Gasteiger partial charge is 0.460 e. The second-order valence-corrected chi connectivity index (χ2v) is 22.4. The maximum absolute atomic E-state index is 14.6. The first-order chi connectivity index (χ1) is 36.7. The lowest BCUT2D eigenvalue weighted by atomic mass is 9.78. The topological polar surface area (TPSA) is 220 Å². The van der Waals surface area contributed by atoms with Crippen molar-refractivity contribution in [2.45, 2.75) is 206 Å². The fourth-order valence-electron chi connectivity index (χ4n) is 11.2. The highest BCUT2D eigenvalue weighted by Crippen LogP contribution is 2.38. The van der Waals surface area contributed by atoms with Gasteiger partial charge in [0.2, 0.25) is 5.79 Å². The maximum atomic E-state index is 14.6. The minimum Gasteiger partial charge on any atom is -0.460 e. The number of hydrogen-bond donors (Lipinski definition) is 2. The summed E-state index contributed by atoms with van der Waals surface area (Å²) in [5.74, 6) is -8.95. The van der Waals surface area contributed by atoms with Crippen molar-refractivity contribution in [1.82, 2.24) is 4.90 Å². The van der Waals surface area contributed by atoms with Crippen molar-refractivity contribution in [3.05, 3.63) is 47.6 Å². The van der Waals surface area contributed by atoms with E-state index in [-0.39, 0.29) is 61.2 Å². The lowest BCUT2D eigenvalue weighted by molar-refractivity contribution is -0.265. The van der Waals surface area contributed by atoms with Crippen LogP contribution >= 0.6 is 0 Å². The molecule has 15 atom stereocenters. The van der Waals surface area contributed by atoms with Crippen LogP contribution in [0, 0.1) is 35.5 Å². The van der Waals surface area contributed by atoms with E-state index in [4.69, 9.17) is 37.9 Å². The molecule has 0 radical (unpaired) electrons. The molecule has 2 saturated heterocycles. The van der Waals surface area contributed by atoms with Gasteiger partial charge in [-0.3, -0.25) is 24.0 Å². The number of carbonyl (C=O) groups is 6. The highest BCUT2D eigenvalue weighted by molar-refractivity contribution is 6.39. The number of fused-ring (bicyclic) bond motifs is 3. The standard InChI is InChI=1S/C60H95NO16/c1-12-28-73-30-31-74-29-18-22-53(64)76-55-43(7)33-40(4)49(63)37-51(41(5)34-45-24-26-48(62)52(35-45)71-10)75-59(68)47-21-16-17-27-61(47)58(67)57(66)60(69)44(8)23-25-46(77-60)36-50(70-9)39(3)20-15-13-14-19-38(2)32-42(6)54(65)56(55)72-11/h13-15,19-20,33,38,40-42,44-48,50-52,55-56,62,69H,12,16-18,21-32,34-37H2,1-11H3/b15-13+,19-14+,39-20+,43-33+/t38-,40-,41-,42-,44-,45+,46+,47+,48-,50+,51+,52-,55-,56+,60-/m1/s1. The van der Waals surface area contributed by atoms with Gasteiger partial charge in [0.05, 0.1) is 37.6 Å². The molecule has 1 amide bonds. The number of nitrogens with zero attached hydrogens (tertiary/aromatic N) is 1. The van der Waals surface area contributed by atoms with Crippen molar-refractivity contribution >= 4 is 35.2 Å². The molecule has 2 bridgehead atoms. The van der Waals surface area contributed by atoms with Gasteiger partial charge in [-0.25, -0.2) is 4.79 Å². The Hall–Kier alpha value is -3.94. The van der Waals surface area contributed by atoms with Crippen molar-refractivity contribution in [3.8, 4) is 0 Å². The van der Waals surface area contributed by atoms with Gasteiger partial charge in [0.15, 0.2) is 18.0 Å². The second kappa shape index (κ2) is 33.0. The number of esters is 2. The van der Waals surface area contributed by atoms with Gasteiger partial charge < -0.3 is 53.0 Å². The number of ketones is 3. The summed E-state index contributed by atoms with van der Waals surface area (Å²) in [6, 6.07) is -1.18. The van der Waals surface area contributed by atoms with E-state index in [1.165, 1.54) is 12.0 Å². The third kappa shape index (κ3) is 19.7. The molecule has 4 rings (SSSR count). The highest BCUT2D eigenvalue weighted by atomic mass is 16.6. The Bertz CT molecular complexity index is 2030. The molecule has 0 aromatic carbocycles. The van der Waals surface area contributed by atoms with Crippen molar-refractivity contribution in [3.63, 3.8) is 0 Å². The number of piperidine rings is 1. The molecule has 17 nitrogen and oxygen atoms in total. The number of Topliss-reactive ketones (excluding diaryl/α,β-unsaturated/α-hetero) is 3. The minimum atomic E-state index is -2.45. The Labute approximate surface area is 459 Å². The molecule has 77 heavy (non-hydrogen) atoms. The molecule has 0 unspecified atom stereocenters. The van der Waals surface area contributed by atoms with E-state index in [1.54, 1.807) is 41.1 Å². The average molecular weight is 1090 g/mol. The minimum absolute atomic E-state index is 0.00688. The fraction of sp³-hybridized carbons (Fsp3) is 0.767. The Morgan fingerprint density at radius 3 is 2.25 bits per heavy atom. The first-order valence-corrected chi connectivity index (χ1v) is 28.5. The smallest absolute Gasteiger partial charge is 0.329 e. The van der Waals surface area contributed by atoms with Crippen LogP contribution in [0.1, 0.15) is 152 Å². The zero-order chi connectivity index (χ0) is 56.8. The Kier molecular flexibility index (Phi) is 28.1. The molecule has 0 aromatic rings. The molecule has 0 spiro atoms. The van der Waals surface area contributed by atoms with Crippen molar-refractivity contribution in [2.75, 3.05) is 54.3 Å². The van der Waals surface area contributed by atoms with Crippen LogP contribution in [-0.4, -0.2) is 159 Å². The first-order valence-electron chi connectivity index (χ1n) is 28.5. The third-order valence-corrected chi connectivity index (χ3v) is 16.1. The first kappa shape index (κ1) is 65.6. The number of cyclic esters (lactones) is 1. The van der Waals surface area contributed by atoms with Crippen LogP contribution in [0.2, 0.25) is 0 Å². The number of amides is 1. The Morgan fingerprint density at radius 2 is 1.56 bits per heavy atom. The summed E-state index contributed by atoms with van der Waals surface area (Å²) in [5, 5.41) is 22.6. The van der Waals surface area contributed by atoms with Gasteiger partial charge in [0.1, 0.15) is 17.9 Å². The molecule has 3 fully saturated rings. The number of hydrogen-bond acceptors (Lipinski definition) is 16. The molecular weight excluding hydrogens is 991 g/mol.